The Kier molecular flexibility index (Phi) is 7.89. The van der Waals surface area contributed by atoms with E-state index in [0.717, 1.165) is 25.2 Å². The first-order chi connectivity index (χ1) is 9.71. The number of likely N-dealkylation sites (N-methyl/N-ethyl adjacent to an activating group) is 1. The van der Waals surface area contributed by atoms with Crippen LogP contribution in [0.2, 0.25) is 0 Å². The summed E-state index contributed by atoms with van der Waals surface area (Å²) in [6.07, 6.45) is 0.360. The van der Waals surface area contributed by atoms with Gasteiger partial charge in [-0.15, -0.1) is 0 Å². The van der Waals surface area contributed by atoms with Crippen LogP contribution in [0.1, 0.15) is 24.5 Å². The zero-order chi connectivity index (χ0) is 14.8. The van der Waals surface area contributed by atoms with Crippen LogP contribution in [0.5, 0.6) is 0 Å². The third kappa shape index (κ3) is 5.70. The van der Waals surface area contributed by atoms with E-state index >= 15 is 0 Å². The Morgan fingerprint density at radius 3 is 2.85 bits per heavy atom. The normalized spacial score (nSPS) is 10.4. The number of nitrogens with zero attached hydrogens (tertiary/aromatic N) is 1. The van der Waals surface area contributed by atoms with Crippen molar-refractivity contribution in [1.82, 2.24) is 4.90 Å². The maximum atomic E-state index is 13.6. The molecule has 0 atom stereocenters. The summed E-state index contributed by atoms with van der Waals surface area (Å²) in [5, 5.41) is 8.69. The predicted molar refractivity (Wildman–Crippen MR) is 77.8 cm³/mol. The van der Waals surface area contributed by atoms with Crippen molar-refractivity contribution in [3.05, 3.63) is 35.1 Å². The molecule has 1 N–H and O–H groups in total. The largest absolute Gasteiger partial charge is 0.395 e. The van der Waals surface area contributed by atoms with Crippen molar-refractivity contribution in [2.24, 2.45) is 0 Å². The van der Waals surface area contributed by atoms with E-state index in [0.29, 0.717) is 18.6 Å². The molecule has 0 bridgehead atoms. The minimum absolute atomic E-state index is 0.00502. The van der Waals surface area contributed by atoms with Crippen molar-refractivity contribution >= 4 is 0 Å². The molecule has 0 amide bonds. The Balaban J connectivity index is 2.76. The number of methoxy groups -OCH3 is 1. The van der Waals surface area contributed by atoms with Gasteiger partial charge in [0.05, 0.1) is 18.8 Å². The van der Waals surface area contributed by atoms with Gasteiger partial charge in [0.1, 0.15) is 5.82 Å². The van der Waals surface area contributed by atoms with Crippen molar-refractivity contribution in [3.63, 3.8) is 0 Å². The first-order valence-corrected chi connectivity index (χ1v) is 6.80. The van der Waals surface area contributed by atoms with Crippen LogP contribution in [0.3, 0.4) is 0 Å². The van der Waals surface area contributed by atoms with Crippen LogP contribution < -0.4 is 0 Å². The standard InChI is InChI=1S/C16H22FNO2/c1-3-18(9-11-20-2)13-14-7-8-16(17)15(12-14)6-4-5-10-19/h7-8,12,19H,3,5,9-11,13H2,1-2H3. The Labute approximate surface area is 120 Å². The second-order valence-corrected chi connectivity index (χ2v) is 4.45. The van der Waals surface area contributed by atoms with E-state index in [2.05, 4.69) is 23.7 Å². The third-order valence-electron chi connectivity index (χ3n) is 2.96. The van der Waals surface area contributed by atoms with Crippen LogP contribution in [-0.4, -0.2) is 43.4 Å². The zero-order valence-electron chi connectivity index (χ0n) is 12.2. The summed E-state index contributed by atoms with van der Waals surface area (Å²) in [6, 6.07) is 5.00. The average molecular weight is 279 g/mol. The van der Waals surface area contributed by atoms with Crippen molar-refractivity contribution in [1.29, 1.82) is 0 Å². The fourth-order valence-electron chi connectivity index (χ4n) is 1.81. The summed E-state index contributed by atoms with van der Waals surface area (Å²) in [5.41, 5.74) is 1.41. The molecule has 4 heteroatoms. The fraction of sp³-hybridized carbons (Fsp3) is 0.500. The summed E-state index contributed by atoms with van der Waals surface area (Å²) in [4.78, 5) is 2.22. The Hall–Kier alpha value is -1.41. The van der Waals surface area contributed by atoms with Gasteiger partial charge < -0.3 is 9.84 Å². The molecule has 0 aromatic heterocycles. The zero-order valence-corrected chi connectivity index (χ0v) is 12.2. The Morgan fingerprint density at radius 1 is 1.40 bits per heavy atom. The summed E-state index contributed by atoms with van der Waals surface area (Å²) < 4.78 is 18.7. The lowest BCUT2D eigenvalue weighted by atomic mass is 10.1. The highest BCUT2D eigenvalue weighted by molar-refractivity contribution is 5.38. The lowest BCUT2D eigenvalue weighted by molar-refractivity contribution is 0.147. The van der Waals surface area contributed by atoms with Gasteiger partial charge in [-0.25, -0.2) is 4.39 Å². The topological polar surface area (TPSA) is 32.7 Å². The highest BCUT2D eigenvalue weighted by Crippen LogP contribution is 2.12. The Bertz CT molecular complexity index is 465. The van der Waals surface area contributed by atoms with Crippen LogP contribution in [0.4, 0.5) is 4.39 Å². The highest BCUT2D eigenvalue weighted by Gasteiger charge is 2.06. The van der Waals surface area contributed by atoms with E-state index in [-0.39, 0.29) is 12.4 Å². The van der Waals surface area contributed by atoms with Gasteiger partial charge in [-0.2, -0.15) is 0 Å². The minimum atomic E-state index is -0.320. The van der Waals surface area contributed by atoms with Gasteiger partial charge in [-0.1, -0.05) is 24.8 Å². The lowest BCUT2D eigenvalue weighted by Crippen LogP contribution is -2.26. The summed E-state index contributed by atoms with van der Waals surface area (Å²) in [5.74, 6) is 5.19. The SMILES string of the molecule is CCN(CCOC)Cc1ccc(F)c(C#CCCO)c1. The first kappa shape index (κ1) is 16.6. The monoisotopic (exact) mass is 279 g/mol. The first-order valence-electron chi connectivity index (χ1n) is 6.80. The molecular weight excluding hydrogens is 257 g/mol. The molecule has 0 unspecified atom stereocenters. The number of hydrogen-bond acceptors (Lipinski definition) is 3. The molecule has 3 nitrogen and oxygen atoms in total. The number of aliphatic hydroxyl groups is 1. The minimum Gasteiger partial charge on any atom is -0.395 e. The molecule has 1 aromatic carbocycles. The summed E-state index contributed by atoms with van der Waals surface area (Å²) in [6.45, 7) is 5.26. The molecular formula is C16H22FNO2. The van der Waals surface area contributed by atoms with Crippen molar-refractivity contribution in [3.8, 4) is 11.8 Å². The number of benzene rings is 1. The third-order valence-corrected chi connectivity index (χ3v) is 2.96. The van der Waals surface area contributed by atoms with Gasteiger partial charge in [0.25, 0.3) is 0 Å². The molecule has 0 saturated carbocycles. The second-order valence-electron chi connectivity index (χ2n) is 4.45. The van der Waals surface area contributed by atoms with E-state index < -0.39 is 0 Å². The van der Waals surface area contributed by atoms with E-state index in [9.17, 15) is 4.39 Å². The van der Waals surface area contributed by atoms with E-state index in [1.807, 2.05) is 0 Å². The molecule has 1 aromatic rings. The maximum absolute atomic E-state index is 13.6. The predicted octanol–water partition coefficient (Wildman–Crippen LogP) is 2.03. The van der Waals surface area contributed by atoms with Gasteiger partial charge in [-0.05, 0) is 24.2 Å². The van der Waals surface area contributed by atoms with Crippen LogP contribution in [0.25, 0.3) is 0 Å². The van der Waals surface area contributed by atoms with E-state index in [4.69, 9.17) is 9.84 Å². The van der Waals surface area contributed by atoms with Crippen LogP contribution in [0.15, 0.2) is 18.2 Å². The molecule has 0 aliphatic heterocycles. The maximum Gasteiger partial charge on any atom is 0.138 e. The number of aliphatic hydroxyl groups excluding tert-OH is 1. The molecule has 0 spiro atoms. The molecule has 0 radical (unpaired) electrons. The molecule has 0 aliphatic carbocycles. The number of hydrogen-bond donors (Lipinski definition) is 1. The molecule has 0 heterocycles. The van der Waals surface area contributed by atoms with Gasteiger partial charge >= 0.3 is 0 Å². The van der Waals surface area contributed by atoms with E-state index in [1.165, 1.54) is 6.07 Å². The van der Waals surface area contributed by atoms with E-state index in [1.54, 1.807) is 19.2 Å². The van der Waals surface area contributed by atoms with Crippen molar-refractivity contribution in [2.75, 3.05) is 33.4 Å². The fourth-order valence-corrected chi connectivity index (χ4v) is 1.81. The molecule has 110 valence electrons. The van der Waals surface area contributed by atoms with Crippen LogP contribution in [-0.2, 0) is 11.3 Å². The number of halogens is 1. The summed E-state index contributed by atoms with van der Waals surface area (Å²) >= 11 is 0. The molecule has 0 saturated heterocycles. The molecule has 1 rings (SSSR count). The smallest absolute Gasteiger partial charge is 0.138 e. The Morgan fingerprint density at radius 2 is 2.20 bits per heavy atom. The second kappa shape index (κ2) is 9.49. The molecule has 0 aliphatic rings. The van der Waals surface area contributed by atoms with Crippen molar-refractivity contribution < 1.29 is 14.2 Å². The summed E-state index contributed by atoms with van der Waals surface area (Å²) in [7, 11) is 1.68. The average Bonchev–Trinajstić information content (AvgIpc) is 2.46. The highest BCUT2D eigenvalue weighted by atomic mass is 19.1. The molecule has 0 fully saturated rings. The van der Waals surface area contributed by atoms with Gasteiger partial charge in [0.2, 0.25) is 0 Å². The number of ether oxygens (including phenoxy) is 1. The quantitative estimate of drug-likeness (QED) is 0.775. The van der Waals surface area contributed by atoms with Gasteiger partial charge in [0.15, 0.2) is 0 Å². The van der Waals surface area contributed by atoms with Crippen LogP contribution in [0, 0.1) is 17.7 Å². The van der Waals surface area contributed by atoms with Crippen molar-refractivity contribution in [2.45, 2.75) is 19.9 Å². The van der Waals surface area contributed by atoms with Crippen LogP contribution >= 0.6 is 0 Å². The lowest BCUT2D eigenvalue weighted by Gasteiger charge is -2.20. The number of rotatable bonds is 7. The van der Waals surface area contributed by atoms with Gasteiger partial charge in [0, 0.05) is 26.6 Å². The molecule has 20 heavy (non-hydrogen) atoms. The van der Waals surface area contributed by atoms with Gasteiger partial charge in [-0.3, -0.25) is 4.90 Å².